The summed E-state index contributed by atoms with van der Waals surface area (Å²) in [7, 11) is -0.351. The molecule has 1 aliphatic carbocycles. The molecule has 0 saturated carbocycles. The van der Waals surface area contributed by atoms with Crippen molar-refractivity contribution in [1.29, 1.82) is 0 Å². The van der Waals surface area contributed by atoms with Gasteiger partial charge in [-0.3, -0.25) is 0 Å². The Morgan fingerprint density at radius 3 is 2.32 bits per heavy atom. The van der Waals surface area contributed by atoms with Crippen LogP contribution in [0.4, 0.5) is 0 Å². The first-order chi connectivity index (χ1) is 12.2. The number of unbranched alkanes of at least 4 members (excludes halogenated alkanes) is 1. The monoisotopic (exact) mass is 346 g/mol. The molecule has 1 aliphatic rings. The number of aryl methyl sites for hydroxylation is 1. The SMILES string of the molecule is CCCCc1ccc(Cc2ccccc2[SiH2]C2=C(C)C=C(C)C2)cc1. The molecule has 0 heterocycles. The van der Waals surface area contributed by atoms with Crippen LogP contribution in [0.25, 0.3) is 0 Å². The molecule has 0 amide bonds. The zero-order valence-corrected chi connectivity index (χ0v) is 17.4. The van der Waals surface area contributed by atoms with Crippen LogP contribution in [-0.4, -0.2) is 9.52 Å². The number of hydrogen-bond donors (Lipinski definition) is 0. The van der Waals surface area contributed by atoms with Crippen LogP contribution in [0.5, 0.6) is 0 Å². The average molecular weight is 347 g/mol. The highest BCUT2D eigenvalue weighted by molar-refractivity contribution is 6.62. The first-order valence-corrected chi connectivity index (χ1v) is 11.1. The Hall–Kier alpha value is -1.86. The molecule has 0 spiro atoms. The zero-order valence-electron chi connectivity index (χ0n) is 15.9. The van der Waals surface area contributed by atoms with Crippen LogP contribution >= 0.6 is 0 Å². The minimum absolute atomic E-state index is 0.351. The minimum atomic E-state index is -0.351. The van der Waals surface area contributed by atoms with E-state index in [0.717, 1.165) is 6.42 Å². The fraction of sp³-hybridized carbons (Fsp3) is 0.333. The first-order valence-electron chi connectivity index (χ1n) is 9.66. The van der Waals surface area contributed by atoms with Gasteiger partial charge in [0, 0.05) is 0 Å². The van der Waals surface area contributed by atoms with Crippen molar-refractivity contribution in [3.05, 3.63) is 87.6 Å². The van der Waals surface area contributed by atoms with Gasteiger partial charge in [-0.15, -0.1) is 0 Å². The molecule has 0 nitrogen and oxygen atoms in total. The van der Waals surface area contributed by atoms with Crippen molar-refractivity contribution < 1.29 is 0 Å². The fourth-order valence-electron chi connectivity index (χ4n) is 3.76. The maximum Gasteiger partial charge on any atom is 0.0835 e. The Labute approximate surface area is 155 Å². The van der Waals surface area contributed by atoms with E-state index in [1.54, 1.807) is 10.4 Å². The third-order valence-electron chi connectivity index (χ3n) is 5.27. The number of benzene rings is 2. The summed E-state index contributed by atoms with van der Waals surface area (Å²) in [6.45, 7) is 6.81. The van der Waals surface area contributed by atoms with E-state index in [1.165, 1.54) is 53.5 Å². The van der Waals surface area contributed by atoms with E-state index < -0.39 is 0 Å². The Morgan fingerprint density at radius 2 is 1.64 bits per heavy atom. The van der Waals surface area contributed by atoms with Gasteiger partial charge in [0.15, 0.2) is 0 Å². The van der Waals surface area contributed by atoms with Crippen molar-refractivity contribution >= 4 is 14.7 Å². The van der Waals surface area contributed by atoms with Crippen LogP contribution < -0.4 is 5.19 Å². The summed E-state index contributed by atoms with van der Waals surface area (Å²) < 4.78 is 0. The lowest BCUT2D eigenvalue weighted by atomic mass is 10.0. The molecule has 0 bridgehead atoms. The topological polar surface area (TPSA) is 0 Å². The van der Waals surface area contributed by atoms with Crippen molar-refractivity contribution in [3.63, 3.8) is 0 Å². The second kappa shape index (κ2) is 8.49. The molecule has 0 atom stereocenters. The van der Waals surface area contributed by atoms with Gasteiger partial charge < -0.3 is 0 Å². The zero-order chi connectivity index (χ0) is 17.6. The van der Waals surface area contributed by atoms with E-state index in [2.05, 4.69) is 75.4 Å². The van der Waals surface area contributed by atoms with E-state index in [4.69, 9.17) is 0 Å². The van der Waals surface area contributed by atoms with Crippen LogP contribution in [0.1, 0.15) is 56.7 Å². The average Bonchev–Trinajstić information content (AvgIpc) is 2.93. The molecular weight excluding hydrogens is 316 g/mol. The van der Waals surface area contributed by atoms with Gasteiger partial charge >= 0.3 is 0 Å². The van der Waals surface area contributed by atoms with Crippen LogP contribution in [0, 0.1) is 0 Å². The van der Waals surface area contributed by atoms with E-state index in [9.17, 15) is 0 Å². The second-order valence-corrected chi connectivity index (χ2v) is 9.47. The van der Waals surface area contributed by atoms with Gasteiger partial charge in [0.2, 0.25) is 0 Å². The molecule has 25 heavy (non-hydrogen) atoms. The molecule has 0 aromatic heterocycles. The second-order valence-electron chi connectivity index (χ2n) is 7.50. The lowest BCUT2D eigenvalue weighted by Gasteiger charge is -2.12. The van der Waals surface area contributed by atoms with Crippen molar-refractivity contribution in [2.75, 3.05) is 0 Å². The molecular formula is C24H30Si. The highest BCUT2D eigenvalue weighted by Crippen LogP contribution is 2.24. The van der Waals surface area contributed by atoms with E-state index in [1.807, 2.05) is 0 Å². The Balaban J connectivity index is 1.72. The van der Waals surface area contributed by atoms with Gasteiger partial charge in [0.25, 0.3) is 0 Å². The molecule has 0 aliphatic heterocycles. The molecule has 1 heteroatoms. The predicted molar refractivity (Wildman–Crippen MR) is 114 cm³/mol. The Bertz CT molecular complexity index is 778. The van der Waals surface area contributed by atoms with Crippen molar-refractivity contribution in [2.45, 2.75) is 52.9 Å². The van der Waals surface area contributed by atoms with Gasteiger partial charge in [-0.05, 0) is 56.2 Å². The summed E-state index contributed by atoms with van der Waals surface area (Å²) in [5, 5.41) is 3.34. The van der Waals surface area contributed by atoms with Gasteiger partial charge in [0.05, 0.1) is 9.52 Å². The number of hydrogen-bond acceptors (Lipinski definition) is 0. The standard InChI is InChI=1S/C24H30Si/c1-4-5-8-20-11-13-21(14-12-20)17-22-9-6-7-10-23(22)25-24-16-18(2)15-19(24)3/h6-7,9-15H,4-5,8,16-17,25H2,1-3H3. The Morgan fingerprint density at radius 1 is 0.920 bits per heavy atom. The lowest BCUT2D eigenvalue weighted by Crippen LogP contribution is -2.21. The molecule has 2 aromatic carbocycles. The molecule has 0 fully saturated rings. The van der Waals surface area contributed by atoms with Gasteiger partial charge in [-0.25, -0.2) is 0 Å². The summed E-state index contributed by atoms with van der Waals surface area (Å²) in [5.74, 6) is 0. The Kier molecular flexibility index (Phi) is 6.09. The van der Waals surface area contributed by atoms with Crippen molar-refractivity contribution in [3.8, 4) is 0 Å². The summed E-state index contributed by atoms with van der Waals surface area (Å²) in [4.78, 5) is 0. The maximum atomic E-state index is 2.37. The lowest BCUT2D eigenvalue weighted by molar-refractivity contribution is 0.795. The molecule has 2 aromatic rings. The summed E-state index contributed by atoms with van der Waals surface area (Å²) in [5.41, 5.74) is 7.49. The van der Waals surface area contributed by atoms with Crippen LogP contribution in [-0.2, 0) is 12.8 Å². The van der Waals surface area contributed by atoms with Crippen molar-refractivity contribution in [1.82, 2.24) is 0 Å². The highest BCUT2D eigenvalue weighted by atomic mass is 28.2. The van der Waals surface area contributed by atoms with Crippen LogP contribution in [0.3, 0.4) is 0 Å². The molecule has 3 rings (SSSR count). The van der Waals surface area contributed by atoms with E-state index >= 15 is 0 Å². The quantitative estimate of drug-likeness (QED) is 0.616. The van der Waals surface area contributed by atoms with Gasteiger partial charge in [-0.2, -0.15) is 0 Å². The third kappa shape index (κ3) is 4.82. The van der Waals surface area contributed by atoms with Crippen LogP contribution in [0.15, 0.2) is 70.9 Å². The maximum absolute atomic E-state index is 2.37. The number of rotatable bonds is 7. The van der Waals surface area contributed by atoms with Gasteiger partial charge in [0.1, 0.15) is 0 Å². The summed E-state index contributed by atoms with van der Waals surface area (Å²) in [6.07, 6.45) is 8.41. The largest absolute Gasteiger partial charge is 0.0835 e. The molecule has 0 N–H and O–H groups in total. The predicted octanol–water partition coefficient (Wildman–Crippen LogP) is 5.04. The summed E-state index contributed by atoms with van der Waals surface area (Å²) >= 11 is 0. The van der Waals surface area contributed by atoms with Crippen molar-refractivity contribution in [2.24, 2.45) is 0 Å². The number of allylic oxidation sites excluding steroid dienone is 4. The summed E-state index contributed by atoms with van der Waals surface area (Å²) in [6, 6.07) is 18.4. The minimum Gasteiger partial charge on any atom is -0.0758 e. The highest BCUT2D eigenvalue weighted by Gasteiger charge is 2.13. The third-order valence-corrected chi connectivity index (χ3v) is 7.58. The first kappa shape index (κ1) is 17.9. The van der Waals surface area contributed by atoms with E-state index in [0.29, 0.717) is 0 Å². The molecule has 130 valence electrons. The van der Waals surface area contributed by atoms with E-state index in [-0.39, 0.29) is 9.52 Å². The van der Waals surface area contributed by atoms with Gasteiger partial charge in [-0.1, -0.05) is 89.5 Å². The fourth-order valence-corrected chi connectivity index (χ4v) is 5.84. The van der Waals surface area contributed by atoms with Crippen LogP contribution in [0.2, 0.25) is 0 Å². The smallest absolute Gasteiger partial charge is 0.0758 e. The molecule has 0 unspecified atom stereocenters. The molecule has 0 saturated heterocycles. The normalized spacial score (nSPS) is 14.6. The molecule has 0 radical (unpaired) electrons.